The minimum atomic E-state index is 0.173. The highest BCUT2D eigenvalue weighted by Crippen LogP contribution is 2.09. The zero-order valence-electron chi connectivity index (χ0n) is 14.9. The number of carbonyl (C=O) groups excluding carboxylic acids is 2. The Kier molecular flexibility index (Phi) is 11.4. The molecule has 0 aliphatic carbocycles. The van der Waals surface area contributed by atoms with E-state index in [1.807, 2.05) is 30.9 Å². The smallest absolute Gasteiger partial charge is 0.219 e. The van der Waals surface area contributed by atoms with E-state index in [9.17, 15) is 9.59 Å². The summed E-state index contributed by atoms with van der Waals surface area (Å²) in [6, 6.07) is 7.31. The van der Waals surface area contributed by atoms with Crippen LogP contribution in [0.25, 0.3) is 0 Å². The van der Waals surface area contributed by atoms with E-state index in [4.69, 9.17) is 11.6 Å². The summed E-state index contributed by atoms with van der Waals surface area (Å²) in [7, 11) is 2.08. The maximum absolute atomic E-state index is 10.8. The summed E-state index contributed by atoms with van der Waals surface area (Å²) in [4.78, 5) is 25.6. The van der Waals surface area contributed by atoms with Crippen LogP contribution in [0.15, 0.2) is 24.3 Å². The average molecular weight is 341 g/mol. The van der Waals surface area contributed by atoms with Crippen LogP contribution in [0.5, 0.6) is 0 Å². The number of ketones is 1. The highest BCUT2D eigenvalue weighted by Gasteiger charge is 2.14. The molecule has 0 saturated carbocycles. The average Bonchev–Trinajstić information content (AvgIpc) is 2.52. The van der Waals surface area contributed by atoms with Crippen molar-refractivity contribution >= 4 is 23.3 Å². The molecular weight excluding hydrogens is 312 g/mol. The van der Waals surface area contributed by atoms with Gasteiger partial charge in [0, 0.05) is 44.5 Å². The van der Waals surface area contributed by atoms with Crippen LogP contribution in [0.2, 0.25) is 5.02 Å². The van der Waals surface area contributed by atoms with E-state index in [-0.39, 0.29) is 11.7 Å². The minimum Gasteiger partial charge on any atom is -0.340 e. The maximum atomic E-state index is 10.8. The quantitative estimate of drug-likeness (QED) is 0.829. The van der Waals surface area contributed by atoms with Gasteiger partial charge in [0.2, 0.25) is 5.91 Å². The molecule has 0 aromatic heterocycles. The Balaban J connectivity index is 0.000000381. The van der Waals surface area contributed by atoms with E-state index >= 15 is 0 Å². The lowest BCUT2D eigenvalue weighted by atomic mass is 10.1. The van der Waals surface area contributed by atoms with Crippen molar-refractivity contribution in [2.75, 3.05) is 33.2 Å². The van der Waals surface area contributed by atoms with Gasteiger partial charge in [-0.15, -0.1) is 0 Å². The Morgan fingerprint density at radius 2 is 1.48 bits per heavy atom. The normalized spacial score (nSPS) is 14.1. The van der Waals surface area contributed by atoms with Gasteiger partial charge in [-0.1, -0.05) is 37.6 Å². The number of hydrogen-bond acceptors (Lipinski definition) is 3. The van der Waals surface area contributed by atoms with E-state index in [1.54, 1.807) is 26.0 Å². The predicted octanol–water partition coefficient (Wildman–Crippen LogP) is 3.28. The SMILES string of the molecule is CC.CC(=O)Cc1ccc(Cl)cc1.CC(=O)N1CCN(C)CC1. The van der Waals surface area contributed by atoms with Crippen molar-refractivity contribution in [2.45, 2.75) is 34.1 Å². The number of benzene rings is 1. The fourth-order valence-corrected chi connectivity index (χ4v) is 2.14. The third kappa shape index (κ3) is 10.1. The zero-order chi connectivity index (χ0) is 17.8. The number of piperazine rings is 1. The number of nitrogens with zero attached hydrogens (tertiary/aromatic N) is 2. The fraction of sp³-hybridized carbons (Fsp3) is 0.556. The Hall–Kier alpha value is -1.39. The van der Waals surface area contributed by atoms with E-state index in [0.29, 0.717) is 11.4 Å². The summed E-state index contributed by atoms with van der Waals surface area (Å²) < 4.78 is 0. The molecule has 2 rings (SSSR count). The minimum absolute atomic E-state index is 0.173. The van der Waals surface area contributed by atoms with E-state index in [1.165, 1.54) is 0 Å². The van der Waals surface area contributed by atoms with Crippen LogP contribution >= 0.6 is 11.6 Å². The van der Waals surface area contributed by atoms with Gasteiger partial charge in [0.15, 0.2) is 0 Å². The molecule has 4 nitrogen and oxygen atoms in total. The molecular formula is C18H29ClN2O2. The van der Waals surface area contributed by atoms with Crippen molar-refractivity contribution in [2.24, 2.45) is 0 Å². The number of amides is 1. The van der Waals surface area contributed by atoms with Crippen LogP contribution in [0, 0.1) is 0 Å². The number of carbonyl (C=O) groups is 2. The number of rotatable bonds is 2. The third-order valence-corrected chi connectivity index (χ3v) is 3.57. The molecule has 0 spiro atoms. The maximum Gasteiger partial charge on any atom is 0.219 e. The van der Waals surface area contributed by atoms with Crippen LogP contribution in [0.1, 0.15) is 33.3 Å². The van der Waals surface area contributed by atoms with Crippen molar-refractivity contribution in [3.05, 3.63) is 34.9 Å². The van der Waals surface area contributed by atoms with Crippen molar-refractivity contribution < 1.29 is 9.59 Å². The third-order valence-electron chi connectivity index (χ3n) is 3.31. The van der Waals surface area contributed by atoms with Crippen molar-refractivity contribution in [3.8, 4) is 0 Å². The number of halogens is 1. The fourth-order valence-electron chi connectivity index (χ4n) is 2.01. The van der Waals surface area contributed by atoms with E-state index in [2.05, 4.69) is 11.9 Å². The van der Waals surface area contributed by atoms with Gasteiger partial charge >= 0.3 is 0 Å². The molecule has 1 saturated heterocycles. The lowest BCUT2D eigenvalue weighted by molar-refractivity contribution is -0.130. The first kappa shape index (κ1) is 21.6. The van der Waals surface area contributed by atoms with Gasteiger partial charge in [0.25, 0.3) is 0 Å². The number of hydrogen-bond donors (Lipinski definition) is 0. The molecule has 130 valence electrons. The van der Waals surface area contributed by atoms with Crippen molar-refractivity contribution in [1.29, 1.82) is 0 Å². The standard InChI is InChI=1S/C9H9ClO.C7H14N2O.C2H6/c1-7(11)6-8-2-4-9(10)5-3-8;1-7(10)9-5-3-8(2)4-6-9;1-2/h2-5H,6H2,1H3;3-6H2,1-2H3;1-2H3. The second-order valence-electron chi connectivity index (χ2n) is 5.31. The summed E-state index contributed by atoms with van der Waals surface area (Å²) in [6.45, 7) is 11.0. The molecule has 1 fully saturated rings. The van der Waals surface area contributed by atoms with Gasteiger partial charge in [0.1, 0.15) is 5.78 Å². The van der Waals surface area contributed by atoms with Crippen LogP contribution in [-0.2, 0) is 16.0 Å². The van der Waals surface area contributed by atoms with E-state index < -0.39 is 0 Å². The molecule has 1 amide bonds. The topological polar surface area (TPSA) is 40.6 Å². The Labute approximate surface area is 145 Å². The summed E-state index contributed by atoms with van der Waals surface area (Å²) in [5.74, 6) is 0.375. The molecule has 1 aliphatic rings. The Morgan fingerprint density at radius 3 is 1.87 bits per heavy atom. The van der Waals surface area contributed by atoms with E-state index in [0.717, 1.165) is 31.7 Å². The number of Topliss-reactive ketones (excluding diaryl/α,β-unsaturated/α-hetero) is 1. The van der Waals surface area contributed by atoms with Crippen LogP contribution in [0.4, 0.5) is 0 Å². The van der Waals surface area contributed by atoms with Crippen molar-refractivity contribution in [1.82, 2.24) is 9.80 Å². The molecule has 23 heavy (non-hydrogen) atoms. The van der Waals surface area contributed by atoms with Gasteiger partial charge in [-0.3, -0.25) is 9.59 Å². The van der Waals surface area contributed by atoms with Gasteiger partial charge < -0.3 is 9.80 Å². The number of likely N-dealkylation sites (N-methyl/N-ethyl adjacent to an activating group) is 1. The first-order valence-corrected chi connectivity index (χ1v) is 8.44. The molecule has 5 heteroatoms. The van der Waals surface area contributed by atoms with Crippen molar-refractivity contribution in [3.63, 3.8) is 0 Å². The zero-order valence-corrected chi connectivity index (χ0v) is 15.7. The largest absolute Gasteiger partial charge is 0.340 e. The highest BCUT2D eigenvalue weighted by molar-refractivity contribution is 6.30. The van der Waals surface area contributed by atoms with Crippen LogP contribution < -0.4 is 0 Å². The lowest BCUT2D eigenvalue weighted by Gasteiger charge is -2.31. The first-order chi connectivity index (χ1) is 10.9. The molecule has 1 aromatic rings. The summed E-state index contributed by atoms with van der Waals surface area (Å²) in [5, 5.41) is 0.706. The van der Waals surface area contributed by atoms with Gasteiger partial charge in [-0.2, -0.15) is 0 Å². The molecule has 0 unspecified atom stereocenters. The van der Waals surface area contributed by atoms with Crippen LogP contribution in [0.3, 0.4) is 0 Å². The lowest BCUT2D eigenvalue weighted by Crippen LogP contribution is -2.46. The summed E-state index contributed by atoms with van der Waals surface area (Å²) in [5.41, 5.74) is 1.02. The van der Waals surface area contributed by atoms with Crippen LogP contribution in [-0.4, -0.2) is 54.7 Å². The van der Waals surface area contributed by atoms with Gasteiger partial charge in [-0.05, 0) is 31.7 Å². The Morgan fingerprint density at radius 1 is 1.00 bits per heavy atom. The molecule has 1 aromatic carbocycles. The molecule has 0 atom stereocenters. The molecule has 0 radical (unpaired) electrons. The second kappa shape index (κ2) is 12.1. The molecule has 0 N–H and O–H groups in total. The van der Waals surface area contributed by atoms with Gasteiger partial charge in [-0.25, -0.2) is 0 Å². The highest BCUT2D eigenvalue weighted by atomic mass is 35.5. The van der Waals surface area contributed by atoms with Gasteiger partial charge in [0.05, 0.1) is 0 Å². The molecule has 1 heterocycles. The molecule has 0 bridgehead atoms. The predicted molar refractivity (Wildman–Crippen MR) is 96.9 cm³/mol. The molecule has 1 aliphatic heterocycles. The summed E-state index contributed by atoms with van der Waals surface area (Å²) in [6.07, 6.45) is 0.497. The summed E-state index contributed by atoms with van der Waals surface area (Å²) >= 11 is 5.66. The monoisotopic (exact) mass is 340 g/mol. The first-order valence-electron chi connectivity index (χ1n) is 8.06. The second-order valence-corrected chi connectivity index (χ2v) is 5.75. The Bertz CT molecular complexity index is 466.